The van der Waals surface area contributed by atoms with Gasteiger partial charge < -0.3 is 10.6 Å². The SMILES string of the molecule is CCCNCCNC(=O)CCn1cc(C)cn1.Cl.Cl. The van der Waals surface area contributed by atoms with E-state index in [1.165, 1.54) is 0 Å². The number of amides is 1. The minimum atomic E-state index is 0. The van der Waals surface area contributed by atoms with Gasteiger partial charge in [-0.05, 0) is 25.5 Å². The van der Waals surface area contributed by atoms with Gasteiger partial charge in [0.1, 0.15) is 0 Å². The van der Waals surface area contributed by atoms with Crippen LogP contribution in [0.4, 0.5) is 0 Å². The molecule has 19 heavy (non-hydrogen) atoms. The van der Waals surface area contributed by atoms with Gasteiger partial charge >= 0.3 is 0 Å². The Kier molecular flexibility index (Phi) is 13.3. The van der Waals surface area contributed by atoms with E-state index in [0.717, 1.165) is 25.1 Å². The summed E-state index contributed by atoms with van der Waals surface area (Å²) in [6.45, 7) is 7.28. The van der Waals surface area contributed by atoms with E-state index in [9.17, 15) is 4.79 Å². The fourth-order valence-corrected chi connectivity index (χ4v) is 1.49. The molecule has 0 fully saturated rings. The Bertz CT molecular complexity index is 344. The van der Waals surface area contributed by atoms with Crippen molar-refractivity contribution in [2.75, 3.05) is 19.6 Å². The highest BCUT2D eigenvalue weighted by atomic mass is 35.5. The molecule has 112 valence electrons. The van der Waals surface area contributed by atoms with Crippen molar-refractivity contribution in [3.8, 4) is 0 Å². The molecule has 0 spiro atoms. The summed E-state index contributed by atoms with van der Waals surface area (Å²) in [7, 11) is 0. The summed E-state index contributed by atoms with van der Waals surface area (Å²) in [5, 5.41) is 10.2. The number of rotatable bonds is 8. The Morgan fingerprint density at radius 1 is 1.32 bits per heavy atom. The summed E-state index contributed by atoms with van der Waals surface area (Å²) in [6, 6.07) is 0. The van der Waals surface area contributed by atoms with Crippen molar-refractivity contribution in [2.24, 2.45) is 0 Å². The van der Waals surface area contributed by atoms with Crippen LogP contribution in [0.25, 0.3) is 0 Å². The van der Waals surface area contributed by atoms with Gasteiger partial charge in [0, 0.05) is 32.3 Å². The minimum Gasteiger partial charge on any atom is -0.355 e. The molecule has 1 heterocycles. The van der Waals surface area contributed by atoms with E-state index < -0.39 is 0 Å². The number of nitrogens with zero attached hydrogens (tertiary/aromatic N) is 2. The number of carbonyl (C=O) groups excluding carboxylic acids is 1. The first-order valence-corrected chi connectivity index (χ1v) is 6.19. The standard InChI is InChI=1S/C12H22N4O.2ClH/c1-3-5-13-6-7-14-12(17)4-8-16-10-11(2)9-15-16;;/h9-10,13H,3-8H2,1-2H3,(H,14,17);2*1H. The van der Waals surface area contributed by atoms with Crippen molar-refractivity contribution >= 4 is 30.7 Å². The zero-order valence-electron chi connectivity index (χ0n) is 11.5. The molecule has 0 aliphatic carbocycles. The predicted octanol–water partition coefficient (Wildman–Crippen LogP) is 1.54. The Morgan fingerprint density at radius 2 is 2.05 bits per heavy atom. The highest BCUT2D eigenvalue weighted by Crippen LogP contribution is 1.95. The van der Waals surface area contributed by atoms with Crippen molar-refractivity contribution in [3.63, 3.8) is 0 Å². The van der Waals surface area contributed by atoms with Gasteiger partial charge in [0.15, 0.2) is 0 Å². The maximum Gasteiger partial charge on any atom is 0.221 e. The molecule has 0 aliphatic heterocycles. The van der Waals surface area contributed by atoms with E-state index >= 15 is 0 Å². The number of nitrogens with one attached hydrogen (secondary N) is 2. The van der Waals surface area contributed by atoms with Crippen LogP contribution in [-0.2, 0) is 11.3 Å². The predicted molar refractivity (Wildman–Crippen MR) is 82.2 cm³/mol. The molecular weight excluding hydrogens is 287 g/mol. The van der Waals surface area contributed by atoms with Crippen LogP contribution in [-0.4, -0.2) is 35.3 Å². The largest absolute Gasteiger partial charge is 0.355 e. The van der Waals surface area contributed by atoms with Gasteiger partial charge in [-0.25, -0.2) is 0 Å². The molecule has 0 radical (unpaired) electrons. The third-order valence-corrected chi connectivity index (χ3v) is 2.38. The van der Waals surface area contributed by atoms with Gasteiger partial charge in [-0.3, -0.25) is 9.48 Å². The van der Waals surface area contributed by atoms with Gasteiger partial charge in [0.2, 0.25) is 5.91 Å². The molecule has 1 aromatic heterocycles. The number of carbonyl (C=O) groups is 1. The highest BCUT2D eigenvalue weighted by Gasteiger charge is 2.01. The molecule has 0 bridgehead atoms. The molecule has 5 nitrogen and oxygen atoms in total. The number of hydrogen-bond acceptors (Lipinski definition) is 3. The van der Waals surface area contributed by atoms with E-state index in [0.29, 0.717) is 19.5 Å². The average molecular weight is 311 g/mol. The normalized spacial score (nSPS) is 9.37. The van der Waals surface area contributed by atoms with Crippen molar-refractivity contribution in [1.82, 2.24) is 20.4 Å². The summed E-state index contributed by atoms with van der Waals surface area (Å²) in [4.78, 5) is 11.5. The number of hydrogen-bond donors (Lipinski definition) is 2. The third kappa shape index (κ3) is 9.76. The lowest BCUT2D eigenvalue weighted by atomic mass is 10.4. The second-order valence-electron chi connectivity index (χ2n) is 4.13. The van der Waals surface area contributed by atoms with Crippen LogP contribution in [0.1, 0.15) is 25.3 Å². The molecule has 1 aromatic rings. The molecule has 0 saturated carbocycles. The van der Waals surface area contributed by atoms with Gasteiger partial charge in [0.25, 0.3) is 0 Å². The summed E-state index contributed by atoms with van der Waals surface area (Å²) in [5.41, 5.74) is 1.12. The molecule has 0 aliphatic rings. The first kappa shape index (κ1) is 20.5. The molecule has 0 aromatic carbocycles. The fourth-order valence-electron chi connectivity index (χ4n) is 1.49. The molecule has 0 saturated heterocycles. The van der Waals surface area contributed by atoms with Crippen LogP contribution in [0.15, 0.2) is 12.4 Å². The number of aryl methyl sites for hydroxylation is 2. The number of aromatic nitrogens is 2. The zero-order valence-corrected chi connectivity index (χ0v) is 13.1. The molecule has 1 rings (SSSR count). The van der Waals surface area contributed by atoms with Crippen molar-refractivity contribution < 1.29 is 4.79 Å². The Morgan fingerprint density at radius 3 is 2.63 bits per heavy atom. The molecular formula is C12H24Cl2N4O. The zero-order chi connectivity index (χ0) is 12.5. The first-order chi connectivity index (χ1) is 8.22. The van der Waals surface area contributed by atoms with Crippen molar-refractivity contribution in [2.45, 2.75) is 33.2 Å². The van der Waals surface area contributed by atoms with Crippen LogP contribution in [0.5, 0.6) is 0 Å². The lowest BCUT2D eigenvalue weighted by Crippen LogP contribution is -2.32. The quantitative estimate of drug-likeness (QED) is 0.716. The van der Waals surface area contributed by atoms with Gasteiger partial charge in [-0.1, -0.05) is 6.92 Å². The Balaban J connectivity index is 0. The molecule has 0 atom stereocenters. The van der Waals surface area contributed by atoms with E-state index in [4.69, 9.17) is 0 Å². The van der Waals surface area contributed by atoms with E-state index in [1.54, 1.807) is 10.9 Å². The molecule has 7 heteroatoms. The summed E-state index contributed by atoms with van der Waals surface area (Å²) < 4.78 is 1.80. The molecule has 2 N–H and O–H groups in total. The average Bonchev–Trinajstić information content (AvgIpc) is 2.72. The third-order valence-electron chi connectivity index (χ3n) is 2.38. The monoisotopic (exact) mass is 310 g/mol. The maximum absolute atomic E-state index is 11.5. The lowest BCUT2D eigenvalue weighted by Gasteiger charge is -2.06. The van der Waals surface area contributed by atoms with Crippen molar-refractivity contribution in [3.05, 3.63) is 18.0 Å². The second-order valence-corrected chi connectivity index (χ2v) is 4.13. The van der Waals surface area contributed by atoms with E-state index in [2.05, 4.69) is 22.7 Å². The van der Waals surface area contributed by atoms with Gasteiger partial charge in [0.05, 0.1) is 6.20 Å². The van der Waals surface area contributed by atoms with Crippen molar-refractivity contribution in [1.29, 1.82) is 0 Å². The highest BCUT2D eigenvalue weighted by molar-refractivity contribution is 5.85. The Labute approximate surface area is 127 Å². The van der Waals surface area contributed by atoms with E-state index in [-0.39, 0.29) is 30.7 Å². The topological polar surface area (TPSA) is 58.9 Å². The fraction of sp³-hybridized carbons (Fsp3) is 0.667. The molecule has 0 unspecified atom stereocenters. The van der Waals surface area contributed by atoms with Crippen LogP contribution in [0.2, 0.25) is 0 Å². The van der Waals surface area contributed by atoms with Crippen LogP contribution in [0.3, 0.4) is 0 Å². The smallest absolute Gasteiger partial charge is 0.221 e. The molecule has 1 amide bonds. The minimum absolute atomic E-state index is 0. The van der Waals surface area contributed by atoms with Gasteiger partial charge in [-0.15, -0.1) is 24.8 Å². The van der Waals surface area contributed by atoms with Crippen LogP contribution >= 0.6 is 24.8 Å². The van der Waals surface area contributed by atoms with E-state index in [1.807, 2.05) is 13.1 Å². The summed E-state index contributed by atoms with van der Waals surface area (Å²) >= 11 is 0. The number of halogens is 2. The summed E-state index contributed by atoms with van der Waals surface area (Å²) in [6.07, 6.45) is 5.34. The summed E-state index contributed by atoms with van der Waals surface area (Å²) in [5.74, 6) is 0.0800. The maximum atomic E-state index is 11.5. The van der Waals surface area contributed by atoms with Crippen LogP contribution in [0, 0.1) is 6.92 Å². The lowest BCUT2D eigenvalue weighted by molar-refractivity contribution is -0.121. The first-order valence-electron chi connectivity index (χ1n) is 6.19. The second kappa shape index (κ2) is 12.3. The van der Waals surface area contributed by atoms with Gasteiger partial charge in [-0.2, -0.15) is 5.10 Å². The Hall–Kier alpha value is -0.780. The van der Waals surface area contributed by atoms with Crippen LogP contribution < -0.4 is 10.6 Å².